The van der Waals surface area contributed by atoms with Crippen LogP contribution in [-0.4, -0.2) is 45.3 Å². The van der Waals surface area contributed by atoms with E-state index in [0.29, 0.717) is 22.0 Å². The van der Waals surface area contributed by atoms with Crippen LogP contribution in [0.3, 0.4) is 0 Å². The molecule has 0 bridgehead atoms. The average molecular weight is 556 g/mol. The first-order valence-corrected chi connectivity index (χ1v) is 13.8. The van der Waals surface area contributed by atoms with Gasteiger partial charge in [-0.15, -0.1) is 0 Å². The number of carbonyl (C=O) groups is 4. The molecule has 1 aliphatic rings. The van der Waals surface area contributed by atoms with Crippen molar-refractivity contribution in [2.75, 3.05) is 16.0 Å². The molecule has 1 aromatic heterocycles. The van der Waals surface area contributed by atoms with Gasteiger partial charge < -0.3 is 10.2 Å². The molecule has 3 aromatic rings. The number of aromatic nitrogens is 1. The maximum absolute atomic E-state index is 13.6. The summed E-state index contributed by atoms with van der Waals surface area (Å²) in [5.41, 5.74) is 2.90. The molecule has 0 saturated carbocycles. The van der Waals surface area contributed by atoms with E-state index in [1.807, 2.05) is 44.2 Å². The first-order valence-electron chi connectivity index (χ1n) is 12.8. The van der Waals surface area contributed by atoms with Crippen LogP contribution in [0.4, 0.5) is 11.4 Å². The molecule has 9 nitrogen and oxygen atoms in total. The quantitative estimate of drug-likeness (QED) is 0.305. The monoisotopic (exact) mass is 555 g/mol. The Morgan fingerprint density at radius 2 is 1.80 bits per heavy atom. The molecule has 10 heteroatoms. The Balaban J connectivity index is 1.58. The Morgan fingerprint density at radius 3 is 2.42 bits per heavy atom. The molecular weight excluding hydrogens is 526 g/mol. The van der Waals surface area contributed by atoms with Crippen LogP contribution >= 0.6 is 11.8 Å². The highest BCUT2D eigenvalue weighted by atomic mass is 32.2. The van der Waals surface area contributed by atoms with Gasteiger partial charge in [0.2, 0.25) is 17.7 Å². The van der Waals surface area contributed by atoms with Crippen LogP contribution in [-0.2, 0) is 25.7 Å². The molecule has 2 heterocycles. The summed E-state index contributed by atoms with van der Waals surface area (Å²) in [6.07, 6.45) is -0.153. The van der Waals surface area contributed by atoms with E-state index in [1.54, 1.807) is 36.4 Å². The van der Waals surface area contributed by atoms with Crippen molar-refractivity contribution in [1.82, 2.24) is 9.88 Å². The topological polar surface area (TPSA) is 123 Å². The minimum Gasteiger partial charge on any atom is -0.326 e. The zero-order chi connectivity index (χ0) is 28.8. The number of nitrogens with one attached hydrogen (secondary N) is 1. The first kappa shape index (κ1) is 28.5. The number of imide groups is 1. The second kappa shape index (κ2) is 12.6. The minimum atomic E-state index is -0.985. The van der Waals surface area contributed by atoms with Crippen molar-refractivity contribution in [2.45, 2.75) is 50.7 Å². The van der Waals surface area contributed by atoms with Crippen molar-refractivity contribution in [2.24, 2.45) is 0 Å². The summed E-state index contributed by atoms with van der Waals surface area (Å²) in [4.78, 5) is 58.7. The number of anilines is 2. The van der Waals surface area contributed by atoms with Crippen LogP contribution in [0.25, 0.3) is 0 Å². The van der Waals surface area contributed by atoms with Gasteiger partial charge in [-0.3, -0.25) is 19.2 Å². The highest BCUT2D eigenvalue weighted by Crippen LogP contribution is 2.29. The number of nitrogens with zero attached hydrogens (tertiary/aromatic N) is 4. The predicted octanol–water partition coefficient (Wildman–Crippen LogP) is 4.49. The van der Waals surface area contributed by atoms with Crippen LogP contribution < -0.4 is 10.2 Å². The Labute approximate surface area is 237 Å². The van der Waals surface area contributed by atoms with Crippen LogP contribution in [0.15, 0.2) is 71.8 Å². The van der Waals surface area contributed by atoms with E-state index in [0.717, 1.165) is 27.9 Å². The van der Waals surface area contributed by atoms with Gasteiger partial charge >= 0.3 is 0 Å². The third-order valence-corrected chi connectivity index (χ3v) is 7.36. The highest BCUT2D eigenvalue weighted by Gasteiger charge is 2.44. The summed E-state index contributed by atoms with van der Waals surface area (Å²) >= 11 is 1.15. The molecule has 1 atom stereocenters. The summed E-state index contributed by atoms with van der Waals surface area (Å²) in [5.74, 6) is -1.40. The fraction of sp³-hybridized carbons (Fsp3) is 0.267. The lowest BCUT2D eigenvalue weighted by Gasteiger charge is -2.28. The molecule has 1 unspecified atom stereocenters. The van der Waals surface area contributed by atoms with E-state index < -0.39 is 17.9 Å². The summed E-state index contributed by atoms with van der Waals surface area (Å²) < 4.78 is 0. The maximum Gasteiger partial charge on any atom is 0.257 e. The minimum absolute atomic E-state index is 0.0561. The van der Waals surface area contributed by atoms with Crippen LogP contribution in [0.5, 0.6) is 0 Å². The maximum atomic E-state index is 13.6. The molecule has 2 aromatic carbocycles. The molecule has 40 heavy (non-hydrogen) atoms. The fourth-order valence-corrected chi connectivity index (χ4v) is 5.23. The lowest BCUT2D eigenvalue weighted by atomic mass is 10.1. The summed E-state index contributed by atoms with van der Waals surface area (Å²) in [5, 5.41) is 12.7. The highest BCUT2D eigenvalue weighted by molar-refractivity contribution is 8.00. The Hall–Kier alpha value is -4.49. The van der Waals surface area contributed by atoms with Gasteiger partial charge in [0.25, 0.3) is 5.91 Å². The third kappa shape index (κ3) is 6.55. The van der Waals surface area contributed by atoms with Gasteiger partial charge in [-0.2, -0.15) is 5.26 Å². The van der Waals surface area contributed by atoms with E-state index in [1.165, 1.54) is 11.8 Å². The molecule has 1 saturated heterocycles. The summed E-state index contributed by atoms with van der Waals surface area (Å²) in [7, 11) is 0. The van der Waals surface area contributed by atoms with Gasteiger partial charge in [-0.1, -0.05) is 55.9 Å². The number of benzene rings is 2. The zero-order valence-electron chi connectivity index (χ0n) is 22.5. The molecule has 204 valence electrons. The van der Waals surface area contributed by atoms with Crippen LogP contribution in [0, 0.1) is 11.3 Å². The average Bonchev–Trinajstić information content (AvgIpc) is 3.23. The largest absolute Gasteiger partial charge is 0.326 e. The van der Waals surface area contributed by atoms with Crippen molar-refractivity contribution >= 4 is 46.8 Å². The third-order valence-electron chi connectivity index (χ3n) is 6.39. The van der Waals surface area contributed by atoms with E-state index in [-0.39, 0.29) is 36.5 Å². The van der Waals surface area contributed by atoms with Crippen molar-refractivity contribution in [1.29, 1.82) is 5.26 Å². The Bertz CT molecular complexity index is 1470. The second-order valence-electron chi connectivity index (χ2n) is 9.67. The number of nitriles is 1. The van der Waals surface area contributed by atoms with E-state index >= 15 is 0 Å². The van der Waals surface area contributed by atoms with E-state index in [9.17, 15) is 24.4 Å². The number of hydrogen-bond acceptors (Lipinski definition) is 7. The lowest BCUT2D eigenvalue weighted by molar-refractivity contribution is -0.136. The summed E-state index contributed by atoms with van der Waals surface area (Å²) in [6, 6.07) is 20.3. The molecule has 1 aliphatic heterocycles. The smallest absolute Gasteiger partial charge is 0.257 e. The number of pyridine rings is 1. The van der Waals surface area contributed by atoms with Gasteiger partial charge in [-0.25, -0.2) is 9.88 Å². The molecule has 4 amide bonds. The molecule has 0 radical (unpaired) electrons. The van der Waals surface area contributed by atoms with Crippen molar-refractivity contribution < 1.29 is 19.2 Å². The number of carbonyl (C=O) groups excluding carboxylic acids is 4. The van der Waals surface area contributed by atoms with Crippen molar-refractivity contribution in [3.8, 4) is 6.07 Å². The van der Waals surface area contributed by atoms with E-state index in [2.05, 4.69) is 16.4 Å². The molecule has 4 rings (SSSR count). The SMILES string of the molecule is CC(=O)Nc1ccc(N2C(=O)CC(N(Cc3ccccc3)C(=O)CSc3nc(C(C)C)ccc3C#N)C2=O)cc1. The number of thioether (sulfide) groups is 1. The Kier molecular flexibility index (Phi) is 8.97. The molecule has 1 N–H and O–H groups in total. The van der Waals surface area contributed by atoms with Gasteiger partial charge in [0.15, 0.2) is 0 Å². The van der Waals surface area contributed by atoms with E-state index in [4.69, 9.17) is 0 Å². The normalized spacial score (nSPS) is 14.8. The molecular formula is C30H29N5O4S. The van der Waals surface area contributed by atoms with Crippen molar-refractivity contribution in [3.63, 3.8) is 0 Å². The predicted molar refractivity (Wildman–Crippen MR) is 152 cm³/mol. The lowest BCUT2D eigenvalue weighted by Crippen LogP contribution is -2.45. The van der Waals surface area contributed by atoms with Gasteiger partial charge in [0.05, 0.1) is 23.4 Å². The number of amides is 4. The second-order valence-corrected chi connectivity index (χ2v) is 10.6. The van der Waals surface area contributed by atoms with Crippen LogP contribution in [0.1, 0.15) is 49.9 Å². The number of hydrogen-bond donors (Lipinski definition) is 1. The van der Waals surface area contributed by atoms with Crippen LogP contribution in [0.2, 0.25) is 0 Å². The number of rotatable bonds is 9. The zero-order valence-corrected chi connectivity index (χ0v) is 23.3. The molecule has 1 fully saturated rings. The molecule has 0 spiro atoms. The van der Waals surface area contributed by atoms with Gasteiger partial charge in [0, 0.05) is 24.8 Å². The summed E-state index contributed by atoms with van der Waals surface area (Å²) in [6.45, 7) is 5.53. The van der Waals surface area contributed by atoms with Gasteiger partial charge in [-0.05, 0) is 47.9 Å². The fourth-order valence-electron chi connectivity index (χ4n) is 4.36. The van der Waals surface area contributed by atoms with Crippen molar-refractivity contribution in [3.05, 3.63) is 83.6 Å². The molecule has 0 aliphatic carbocycles. The standard InChI is InChI=1S/C30H29N5O4S/c1-19(2)25-14-9-22(16-31)29(33-25)40-18-28(38)34(17-21-7-5-4-6-8-21)26-15-27(37)35(30(26)39)24-12-10-23(11-13-24)32-20(3)36/h4-14,19,26H,15,17-18H2,1-3H3,(H,32,36). The Morgan fingerprint density at radius 1 is 1.10 bits per heavy atom. The first-order chi connectivity index (χ1) is 19.2. The van der Waals surface area contributed by atoms with Gasteiger partial charge in [0.1, 0.15) is 17.1 Å².